The summed E-state index contributed by atoms with van der Waals surface area (Å²) in [5.41, 5.74) is -0.720. The first-order valence-electron chi connectivity index (χ1n) is 5.76. The van der Waals surface area contributed by atoms with Crippen molar-refractivity contribution in [1.29, 1.82) is 0 Å². The van der Waals surface area contributed by atoms with Gasteiger partial charge in [0.1, 0.15) is 6.54 Å². The number of sulfone groups is 1. The lowest BCUT2D eigenvalue weighted by molar-refractivity contribution is -0.150. The Labute approximate surface area is 107 Å². The third kappa shape index (κ3) is 3.69. The molecule has 1 atom stereocenters. The van der Waals surface area contributed by atoms with E-state index in [9.17, 15) is 18.0 Å². The van der Waals surface area contributed by atoms with Crippen LogP contribution in [0, 0.1) is 5.41 Å². The van der Waals surface area contributed by atoms with Crippen molar-refractivity contribution in [3.8, 4) is 0 Å². The molecule has 0 bridgehead atoms. The molecule has 1 heterocycles. The van der Waals surface area contributed by atoms with Gasteiger partial charge in [-0.05, 0) is 6.42 Å². The fraction of sp³-hybridized carbons (Fsp3) is 0.818. The summed E-state index contributed by atoms with van der Waals surface area (Å²) in [6, 6.07) is -0.516. The summed E-state index contributed by atoms with van der Waals surface area (Å²) in [5, 5.41) is 8.85. The first kappa shape index (κ1) is 14.9. The maximum absolute atomic E-state index is 12.2. The van der Waals surface area contributed by atoms with Gasteiger partial charge < -0.3 is 10.0 Å². The van der Waals surface area contributed by atoms with E-state index >= 15 is 0 Å². The number of carbonyl (C=O) groups excluding carboxylic acids is 1. The highest BCUT2D eigenvalue weighted by molar-refractivity contribution is 7.91. The highest BCUT2D eigenvalue weighted by Gasteiger charge is 2.38. The van der Waals surface area contributed by atoms with Crippen LogP contribution < -0.4 is 0 Å². The Hall–Kier alpha value is -1.11. The van der Waals surface area contributed by atoms with E-state index in [1.54, 1.807) is 20.8 Å². The van der Waals surface area contributed by atoms with Crippen LogP contribution in [0.1, 0.15) is 27.2 Å². The Balaban J connectivity index is 2.93. The number of hydrogen-bond acceptors (Lipinski definition) is 4. The van der Waals surface area contributed by atoms with Crippen molar-refractivity contribution < 1.29 is 23.1 Å². The average molecular weight is 277 g/mol. The fourth-order valence-electron chi connectivity index (χ4n) is 1.96. The van der Waals surface area contributed by atoms with Gasteiger partial charge in [-0.15, -0.1) is 0 Å². The Bertz CT molecular complexity index is 449. The normalized spacial score (nSPS) is 22.7. The molecule has 0 spiro atoms. The van der Waals surface area contributed by atoms with E-state index in [1.165, 1.54) is 4.90 Å². The molecule has 1 saturated heterocycles. The molecule has 0 aromatic carbocycles. The highest BCUT2D eigenvalue weighted by Crippen LogP contribution is 2.24. The van der Waals surface area contributed by atoms with Crippen molar-refractivity contribution >= 4 is 21.7 Å². The fourth-order valence-corrected chi connectivity index (χ4v) is 3.70. The molecule has 18 heavy (non-hydrogen) atoms. The van der Waals surface area contributed by atoms with Crippen molar-refractivity contribution in [2.45, 2.75) is 33.2 Å². The van der Waals surface area contributed by atoms with E-state index in [4.69, 9.17) is 5.11 Å². The van der Waals surface area contributed by atoms with Gasteiger partial charge in [-0.3, -0.25) is 9.59 Å². The van der Waals surface area contributed by atoms with Gasteiger partial charge in [0.15, 0.2) is 9.84 Å². The minimum absolute atomic E-state index is 0.0191. The van der Waals surface area contributed by atoms with Crippen molar-refractivity contribution in [3.63, 3.8) is 0 Å². The predicted octanol–water partition coefficient (Wildman–Crippen LogP) is 0.133. The number of carbonyl (C=O) groups is 2. The van der Waals surface area contributed by atoms with Gasteiger partial charge in [0.05, 0.1) is 11.5 Å². The lowest BCUT2D eigenvalue weighted by Crippen LogP contribution is -2.48. The summed E-state index contributed by atoms with van der Waals surface area (Å²) in [4.78, 5) is 24.2. The number of carboxylic acids is 1. The van der Waals surface area contributed by atoms with Crippen LogP contribution in [0.15, 0.2) is 0 Å². The van der Waals surface area contributed by atoms with Crippen LogP contribution in [0.3, 0.4) is 0 Å². The second-order valence-electron chi connectivity index (χ2n) is 5.63. The molecule has 1 unspecified atom stereocenters. The zero-order valence-corrected chi connectivity index (χ0v) is 11.7. The molecule has 0 aromatic rings. The first-order valence-corrected chi connectivity index (χ1v) is 7.58. The predicted molar refractivity (Wildman–Crippen MR) is 65.9 cm³/mol. The van der Waals surface area contributed by atoms with Gasteiger partial charge in [0, 0.05) is 11.5 Å². The van der Waals surface area contributed by atoms with Gasteiger partial charge in [-0.25, -0.2) is 8.42 Å². The molecule has 0 saturated carbocycles. The molecule has 104 valence electrons. The monoisotopic (exact) mass is 277 g/mol. The molecule has 0 aromatic heterocycles. The molecule has 1 rings (SSSR count). The Morgan fingerprint density at radius 3 is 2.22 bits per heavy atom. The van der Waals surface area contributed by atoms with Gasteiger partial charge in [-0.1, -0.05) is 20.8 Å². The smallest absolute Gasteiger partial charge is 0.323 e. The number of amides is 1. The molecule has 1 amide bonds. The summed E-state index contributed by atoms with van der Waals surface area (Å²) in [7, 11) is -3.14. The molecule has 7 heteroatoms. The minimum atomic E-state index is -3.14. The zero-order chi connectivity index (χ0) is 14.1. The number of aliphatic carboxylic acids is 1. The standard InChI is InChI=1S/C11H19NO5S/c1-11(2,3)10(15)12(6-9(13)14)8-4-5-18(16,17)7-8/h8H,4-7H2,1-3H3,(H,13,14). The summed E-state index contributed by atoms with van der Waals surface area (Å²) >= 11 is 0. The second-order valence-corrected chi connectivity index (χ2v) is 7.86. The van der Waals surface area contributed by atoms with E-state index in [1.807, 2.05) is 0 Å². The first-order chi connectivity index (χ1) is 8.03. The van der Waals surface area contributed by atoms with E-state index in [-0.39, 0.29) is 17.4 Å². The SMILES string of the molecule is CC(C)(C)C(=O)N(CC(=O)O)C1CCS(=O)(=O)C1. The van der Waals surface area contributed by atoms with Crippen LogP contribution >= 0.6 is 0 Å². The zero-order valence-electron chi connectivity index (χ0n) is 10.8. The van der Waals surface area contributed by atoms with Crippen molar-refractivity contribution in [1.82, 2.24) is 4.90 Å². The number of hydrogen-bond donors (Lipinski definition) is 1. The molecular formula is C11H19NO5S. The topological polar surface area (TPSA) is 91.8 Å². The molecule has 1 N–H and O–H groups in total. The lowest BCUT2D eigenvalue weighted by Gasteiger charge is -2.32. The molecule has 1 aliphatic rings. The Morgan fingerprint density at radius 2 is 1.89 bits per heavy atom. The quantitative estimate of drug-likeness (QED) is 0.792. The number of carboxylic acid groups (broad SMARTS) is 1. The molecular weight excluding hydrogens is 258 g/mol. The molecule has 0 radical (unpaired) electrons. The van der Waals surface area contributed by atoms with Crippen LogP contribution in [-0.2, 0) is 19.4 Å². The van der Waals surface area contributed by atoms with Crippen molar-refractivity contribution in [2.75, 3.05) is 18.1 Å². The largest absolute Gasteiger partial charge is 0.480 e. The minimum Gasteiger partial charge on any atom is -0.480 e. The number of rotatable bonds is 3. The maximum Gasteiger partial charge on any atom is 0.323 e. The van der Waals surface area contributed by atoms with Crippen LogP contribution in [-0.4, -0.2) is 54.4 Å². The number of nitrogens with zero attached hydrogens (tertiary/aromatic N) is 1. The Kier molecular flexibility index (Phi) is 4.05. The van der Waals surface area contributed by atoms with E-state index in [0.29, 0.717) is 6.42 Å². The summed E-state index contributed by atoms with van der Waals surface area (Å²) in [6.45, 7) is 4.62. The van der Waals surface area contributed by atoms with Crippen LogP contribution in [0.25, 0.3) is 0 Å². The van der Waals surface area contributed by atoms with Crippen molar-refractivity contribution in [3.05, 3.63) is 0 Å². The van der Waals surface area contributed by atoms with Crippen molar-refractivity contribution in [2.24, 2.45) is 5.41 Å². The third-order valence-corrected chi connectivity index (χ3v) is 4.61. The molecule has 1 aliphatic heterocycles. The maximum atomic E-state index is 12.2. The van der Waals surface area contributed by atoms with E-state index < -0.39 is 33.8 Å². The second kappa shape index (κ2) is 4.87. The lowest BCUT2D eigenvalue weighted by atomic mass is 9.93. The highest BCUT2D eigenvalue weighted by atomic mass is 32.2. The molecule has 1 fully saturated rings. The van der Waals surface area contributed by atoms with Gasteiger partial charge in [0.2, 0.25) is 5.91 Å². The van der Waals surface area contributed by atoms with Crippen LogP contribution in [0.5, 0.6) is 0 Å². The summed E-state index contributed by atoms with van der Waals surface area (Å²) in [6.07, 6.45) is 0.317. The third-order valence-electron chi connectivity index (χ3n) is 2.86. The Morgan fingerprint density at radius 1 is 1.33 bits per heavy atom. The summed E-state index contributed by atoms with van der Waals surface area (Å²) in [5.74, 6) is -1.57. The molecule has 6 nitrogen and oxygen atoms in total. The van der Waals surface area contributed by atoms with E-state index in [2.05, 4.69) is 0 Å². The van der Waals surface area contributed by atoms with Gasteiger partial charge in [0.25, 0.3) is 0 Å². The van der Waals surface area contributed by atoms with Crippen LogP contribution in [0.4, 0.5) is 0 Å². The van der Waals surface area contributed by atoms with Crippen LogP contribution in [0.2, 0.25) is 0 Å². The average Bonchev–Trinajstić information content (AvgIpc) is 2.52. The molecule has 0 aliphatic carbocycles. The van der Waals surface area contributed by atoms with Gasteiger partial charge in [-0.2, -0.15) is 0 Å². The summed E-state index contributed by atoms with van der Waals surface area (Å²) < 4.78 is 22.8. The van der Waals surface area contributed by atoms with E-state index in [0.717, 1.165) is 0 Å². The van der Waals surface area contributed by atoms with Gasteiger partial charge >= 0.3 is 5.97 Å².